The minimum atomic E-state index is -5.08. The third kappa shape index (κ3) is 4.73. The molecule has 3 aliphatic heterocycles. The van der Waals surface area contributed by atoms with Crippen molar-refractivity contribution in [2.24, 2.45) is 11.8 Å². The van der Waals surface area contributed by atoms with Gasteiger partial charge in [-0.05, 0) is 42.7 Å². The smallest absolute Gasteiger partial charge is 0.490 e. The summed E-state index contributed by atoms with van der Waals surface area (Å²) < 4.78 is 42.4. The molecule has 0 radical (unpaired) electrons. The largest absolute Gasteiger partial charge is 0.497 e. The Kier molecular flexibility index (Phi) is 7.24. The van der Waals surface area contributed by atoms with Gasteiger partial charge in [-0.3, -0.25) is 24.6 Å². The maximum atomic E-state index is 13.8. The number of piperidine rings is 1. The molecular formula is C25H26F3N3O7. The van der Waals surface area contributed by atoms with E-state index in [1.165, 1.54) is 11.9 Å². The molecule has 4 heterocycles. The number of ether oxygens (including phenoxy) is 1. The minimum Gasteiger partial charge on any atom is -0.497 e. The van der Waals surface area contributed by atoms with E-state index in [0.29, 0.717) is 31.0 Å². The van der Waals surface area contributed by atoms with Crippen LogP contribution >= 0.6 is 0 Å². The molecule has 2 N–H and O–H groups in total. The molecule has 13 heteroatoms. The number of hydrogen-bond donors (Lipinski definition) is 2. The second-order valence-corrected chi connectivity index (χ2v) is 9.32. The Bertz CT molecular complexity index is 1220. The first-order valence-corrected chi connectivity index (χ1v) is 11.8. The molecular weight excluding hydrogens is 511 g/mol. The van der Waals surface area contributed by atoms with Gasteiger partial charge in [0.15, 0.2) is 0 Å². The van der Waals surface area contributed by atoms with Crippen molar-refractivity contribution >= 4 is 23.7 Å². The fourth-order valence-electron chi connectivity index (χ4n) is 5.45. The van der Waals surface area contributed by atoms with E-state index in [2.05, 4.69) is 5.32 Å². The van der Waals surface area contributed by atoms with Crippen molar-refractivity contribution in [1.29, 1.82) is 0 Å². The van der Waals surface area contributed by atoms with Crippen LogP contribution in [0.4, 0.5) is 13.2 Å². The molecule has 1 aromatic carbocycles. The lowest BCUT2D eigenvalue weighted by atomic mass is 9.74. The van der Waals surface area contributed by atoms with E-state index in [1.54, 1.807) is 24.3 Å². The molecule has 204 valence electrons. The Hall–Kier alpha value is -3.87. The molecule has 5 rings (SSSR count). The van der Waals surface area contributed by atoms with Gasteiger partial charge < -0.3 is 19.2 Å². The number of halogens is 3. The van der Waals surface area contributed by atoms with Crippen molar-refractivity contribution in [2.75, 3.05) is 20.7 Å². The zero-order chi connectivity index (χ0) is 27.8. The average Bonchev–Trinajstić information content (AvgIpc) is 3.57. The van der Waals surface area contributed by atoms with E-state index in [4.69, 9.17) is 19.1 Å². The Morgan fingerprint density at radius 1 is 1.18 bits per heavy atom. The first-order valence-electron chi connectivity index (χ1n) is 11.8. The molecule has 4 atom stereocenters. The number of furan rings is 1. The van der Waals surface area contributed by atoms with Crippen molar-refractivity contribution in [3.8, 4) is 5.75 Å². The highest BCUT2D eigenvalue weighted by Gasteiger charge is 2.68. The van der Waals surface area contributed by atoms with Crippen LogP contribution < -0.4 is 10.1 Å². The van der Waals surface area contributed by atoms with Gasteiger partial charge in [-0.2, -0.15) is 13.2 Å². The number of hydrogen-bond acceptors (Lipinski definition) is 7. The van der Waals surface area contributed by atoms with Crippen LogP contribution in [0, 0.1) is 11.8 Å². The lowest BCUT2D eigenvalue weighted by Crippen LogP contribution is -2.63. The summed E-state index contributed by atoms with van der Waals surface area (Å²) in [5.41, 5.74) is -0.238. The number of carbonyl (C=O) groups is 4. The Morgan fingerprint density at radius 2 is 1.84 bits per heavy atom. The van der Waals surface area contributed by atoms with E-state index >= 15 is 0 Å². The van der Waals surface area contributed by atoms with Crippen LogP contribution in [0.25, 0.3) is 0 Å². The number of carboxylic acid groups (broad SMARTS) is 1. The molecule has 0 bridgehead atoms. The number of methoxy groups -OCH3 is 1. The van der Waals surface area contributed by atoms with Gasteiger partial charge in [0.1, 0.15) is 17.0 Å². The van der Waals surface area contributed by atoms with Crippen LogP contribution in [0.1, 0.15) is 30.2 Å². The number of nitrogens with one attached hydrogen (secondary N) is 1. The number of amides is 3. The summed E-state index contributed by atoms with van der Waals surface area (Å²) in [4.78, 5) is 51.8. The lowest BCUT2D eigenvalue weighted by molar-refractivity contribution is -0.192. The molecule has 2 aromatic rings. The lowest BCUT2D eigenvalue weighted by Gasteiger charge is -2.42. The van der Waals surface area contributed by atoms with Gasteiger partial charge in [0.25, 0.3) is 0 Å². The number of aliphatic carboxylic acids is 1. The number of benzene rings is 1. The van der Waals surface area contributed by atoms with Crippen LogP contribution in [0.5, 0.6) is 5.75 Å². The second kappa shape index (κ2) is 10.1. The van der Waals surface area contributed by atoms with Crippen LogP contribution in [-0.2, 0) is 25.7 Å². The number of carboxylic acids is 1. The van der Waals surface area contributed by atoms with Crippen molar-refractivity contribution in [2.45, 2.75) is 37.1 Å². The quantitative estimate of drug-likeness (QED) is 0.569. The SMILES string of the molecule is COc1ccc([C@H]2N[C@]3(CCCN(Cc4ccco4)C3=O)[C@H]3C(=O)N(C)C(=O)[C@@H]23)cc1.O=C(O)C(F)(F)F. The molecule has 3 amide bonds. The maximum absolute atomic E-state index is 13.8. The van der Waals surface area contributed by atoms with E-state index in [0.717, 1.165) is 12.0 Å². The molecule has 3 aliphatic rings. The zero-order valence-electron chi connectivity index (χ0n) is 20.5. The Morgan fingerprint density at radius 3 is 2.39 bits per heavy atom. The van der Waals surface area contributed by atoms with E-state index in [1.807, 2.05) is 30.3 Å². The number of likely N-dealkylation sites (tertiary alicyclic amines) is 2. The Balaban J connectivity index is 0.000000426. The predicted molar refractivity (Wildman–Crippen MR) is 123 cm³/mol. The van der Waals surface area contributed by atoms with Crippen molar-refractivity contribution in [3.63, 3.8) is 0 Å². The number of imide groups is 1. The van der Waals surface area contributed by atoms with Gasteiger partial charge in [-0.15, -0.1) is 0 Å². The summed E-state index contributed by atoms with van der Waals surface area (Å²) in [7, 11) is 3.10. The van der Waals surface area contributed by atoms with Crippen LogP contribution in [0.3, 0.4) is 0 Å². The fraction of sp³-hybridized carbons (Fsp3) is 0.440. The fourth-order valence-corrected chi connectivity index (χ4v) is 5.45. The normalized spacial score (nSPS) is 26.9. The molecule has 38 heavy (non-hydrogen) atoms. The van der Waals surface area contributed by atoms with Gasteiger partial charge in [0, 0.05) is 19.6 Å². The summed E-state index contributed by atoms with van der Waals surface area (Å²) in [5.74, 6) is -3.36. The van der Waals surface area contributed by atoms with Crippen molar-refractivity contribution < 1.29 is 46.6 Å². The number of fused-ring (bicyclic) bond motifs is 2. The topological polar surface area (TPSA) is 129 Å². The standard InChI is InChI=1S/C23H25N3O5.C2HF3O2/c1-25-20(27)17-18(21(25)28)23(24-19(17)14-6-8-15(30-2)9-7-14)10-4-11-26(22(23)29)13-16-5-3-12-31-16;3-2(4,5)1(6)7/h3,5-9,12,17-19,24H,4,10-11,13H2,1-2H3;(H,6,7)/t17-,18-,19-,23-;/m1./s1. The number of rotatable bonds is 4. The highest BCUT2D eigenvalue weighted by Crippen LogP contribution is 2.51. The summed E-state index contributed by atoms with van der Waals surface area (Å²) in [5, 5.41) is 10.6. The van der Waals surface area contributed by atoms with Crippen LogP contribution in [-0.4, -0.2) is 71.0 Å². The first-order chi connectivity index (χ1) is 17.9. The average molecular weight is 537 g/mol. The molecule has 0 saturated carbocycles. The monoisotopic (exact) mass is 537 g/mol. The highest BCUT2D eigenvalue weighted by atomic mass is 19.4. The first kappa shape index (κ1) is 27.2. The van der Waals surface area contributed by atoms with Gasteiger partial charge in [-0.25, -0.2) is 4.79 Å². The van der Waals surface area contributed by atoms with E-state index < -0.39 is 35.6 Å². The highest BCUT2D eigenvalue weighted by molar-refractivity contribution is 6.10. The van der Waals surface area contributed by atoms with Gasteiger partial charge >= 0.3 is 12.1 Å². The van der Waals surface area contributed by atoms with Crippen molar-refractivity contribution in [3.05, 3.63) is 54.0 Å². The summed E-state index contributed by atoms with van der Waals surface area (Å²) in [6, 6.07) is 10.6. The van der Waals surface area contributed by atoms with Gasteiger partial charge in [-0.1, -0.05) is 12.1 Å². The third-order valence-electron chi connectivity index (χ3n) is 7.19. The van der Waals surface area contributed by atoms with Gasteiger partial charge in [0.2, 0.25) is 17.7 Å². The van der Waals surface area contributed by atoms with Gasteiger partial charge in [0.05, 0.1) is 31.8 Å². The summed E-state index contributed by atoms with van der Waals surface area (Å²) in [6.07, 6.45) is -2.25. The molecule has 1 aromatic heterocycles. The molecule has 3 saturated heterocycles. The molecule has 3 fully saturated rings. The predicted octanol–water partition coefficient (Wildman–Crippen LogP) is 2.36. The zero-order valence-corrected chi connectivity index (χ0v) is 20.5. The van der Waals surface area contributed by atoms with Crippen LogP contribution in [0.15, 0.2) is 47.1 Å². The van der Waals surface area contributed by atoms with E-state index in [9.17, 15) is 27.6 Å². The van der Waals surface area contributed by atoms with Crippen LogP contribution in [0.2, 0.25) is 0 Å². The van der Waals surface area contributed by atoms with E-state index in [-0.39, 0.29) is 17.7 Å². The minimum absolute atomic E-state index is 0.141. The van der Waals surface area contributed by atoms with Crippen molar-refractivity contribution in [1.82, 2.24) is 15.1 Å². The summed E-state index contributed by atoms with van der Waals surface area (Å²) in [6.45, 7) is 0.934. The molecule has 0 unspecified atom stereocenters. The number of nitrogens with zero attached hydrogens (tertiary/aromatic N) is 2. The summed E-state index contributed by atoms with van der Waals surface area (Å²) >= 11 is 0. The molecule has 1 spiro atoms. The second-order valence-electron chi connectivity index (χ2n) is 9.32. The molecule has 10 nitrogen and oxygen atoms in total. The molecule has 0 aliphatic carbocycles. The maximum Gasteiger partial charge on any atom is 0.490 e. The Labute approximate surface area is 215 Å². The number of carbonyl (C=O) groups excluding carboxylic acids is 3. The third-order valence-corrected chi connectivity index (χ3v) is 7.19. The number of alkyl halides is 3.